The Labute approximate surface area is 225 Å². The number of hydrogen-bond acceptors (Lipinski definition) is 7. The predicted molar refractivity (Wildman–Crippen MR) is 146 cm³/mol. The Morgan fingerprint density at radius 3 is 2.39 bits per heavy atom. The van der Waals surface area contributed by atoms with Crippen LogP contribution in [0.3, 0.4) is 0 Å². The molecule has 3 aromatic rings. The molecule has 0 aliphatic carbocycles. The lowest BCUT2D eigenvalue weighted by molar-refractivity contribution is -0.140. The average molecular weight is 521 g/mol. The zero-order chi connectivity index (χ0) is 27.3. The van der Waals surface area contributed by atoms with E-state index in [1.807, 2.05) is 53.0 Å². The number of carbonyl (C=O) groups is 1. The van der Waals surface area contributed by atoms with Crippen LogP contribution < -0.4 is 9.47 Å². The summed E-state index contributed by atoms with van der Waals surface area (Å²) in [5.41, 5.74) is 1.97. The quantitative estimate of drug-likeness (QED) is 0.422. The van der Waals surface area contributed by atoms with Gasteiger partial charge in [0.25, 0.3) is 0 Å². The lowest BCUT2D eigenvalue weighted by Gasteiger charge is -2.40. The highest BCUT2D eigenvalue weighted by Crippen LogP contribution is 2.41. The van der Waals surface area contributed by atoms with E-state index in [2.05, 4.69) is 53.3 Å². The van der Waals surface area contributed by atoms with Gasteiger partial charge < -0.3 is 14.4 Å². The first-order chi connectivity index (χ1) is 18.2. The highest BCUT2D eigenvalue weighted by molar-refractivity contribution is 5.79. The van der Waals surface area contributed by atoms with Crippen molar-refractivity contribution in [1.82, 2.24) is 30.0 Å². The van der Waals surface area contributed by atoms with Crippen molar-refractivity contribution >= 4 is 5.91 Å². The third-order valence-electron chi connectivity index (χ3n) is 7.57. The van der Waals surface area contributed by atoms with E-state index in [-0.39, 0.29) is 23.4 Å². The molecule has 38 heavy (non-hydrogen) atoms. The number of tetrazole rings is 1. The van der Waals surface area contributed by atoms with Gasteiger partial charge in [-0.15, -0.1) is 5.10 Å². The van der Waals surface area contributed by atoms with Gasteiger partial charge in [0.1, 0.15) is 6.04 Å². The van der Waals surface area contributed by atoms with Crippen molar-refractivity contribution < 1.29 is 14.3 Å². The summed E-state index contributed by atoms with van der Waals surface area (Å²) in [5, 5.41) is 12.9. The molecule has 1 fully saturated rings. The summed E-state index contributed by atoms with van der Waals surface area (Å²) in [6, 6.07) is 16.0. The molecule has 0 bridgehead atoms. The van der Waals surface area contributed by atoms with Crippen LogP contribution in [0.5, 0.6) is 11.5 Å². The maximum atomic E-state index is 13.2. The second-order valence-electron chi connectivity index (χ2n) is 10.9. The monoisotopic (exact) mass is 520 g/mol. The molecule has 2 aromatic carbocycles. The normalized spacial score (nSPS) is 15.7. The molecular weight excluding hydrogens is 480 g/mol. The Morgan fingerprint density at radius 2 is 1.76 bits per heavy atom. The van der Waals surface area contributed by atoms with E-state index in [4.69, 9.17) is 9.47 Å². The van der Waals surface area contributed by atoms with Crippen molar-refractivity contribution in [3.8, 4) is 11.5 Å². The van der Waals surface area contributed by atoms with Crippen LogP contribution in [-0.4, -0.2) is 75.8 Å². The second kappa shape index (κ2) is 11.9. The van der Waals surface area contributed by atoms with Crippen molar-refractivity contribution in [3.05, 3.63) is 65.5 Å². The number of aryl methyl sites for hydroxylation is 2. The largest absolute Gasteiger partial charge is 0.493 e. The SMILES string of the molecule is COc1cccc(C(c2nnnn2CCc2ccccc2)N2CCC(C(=O)N(C)C(C)(C)C)CC2)c1OC. The van der Waals surface area contributed by atoms with Gasteiger partial charge in [-0.05, 0) is 75.2 Å². The molecule has 204 valence electrons. The third kappa shape index (κ3) is 5.99. The van der Waals surface area contributed by atoms with Gasteiger partial charge in [0.15, 0.2) is 17.3 Å². The standard InChI is InChI=1S/C29H40N6O3/c1-29(2,3)33(4)28(36)22-16-18-34(19-17-22)25(23-13-10-14-24(37-5)26(23)38-6)27-30-31-32-35(27)20-15-21-11-8-7-9-12-21/h7-14,22,25H,15-20H2,1-6H3. The zero-order valence-corrected chi connectivity index (χ0v) is 23.4. The van der Waals surface area contributed by atoms with Gasteiger partial charge in [-0.25, -0.2) is 4.68 Å². The highest BCUT2D eigenvalue weighted by Gasteiger charge is 2.37. The van der Waals surface area contributed by atoms with Crippen molar-refractivity contribution in [2.45, 2.75) is 58.2 Å². The lowest BCUT2D eigenvalue weighted by atomic mass is 9.91. The van der Waals surface area contributed by atoms with Crippen LogP contribution >= 0.6 is 0 Å². The number of ether oxygens (including phenoxy) is 2. The number of likely N-dealkylation sites (tertiary alicyclic amines) is 1. The highest BCUT2D eigenvalue weighted by atomic mass is 16.5. The average Bonchev–Trinajstić information content (AvgIpc) is 3.39. The van der Waals surface area contributed by atoms with Gasteiger partial charge in [-0.3, -0.25) is 9.69 Å². The van der Waals surface area contributed by atoms with Gasteiger partial charge >= 0.3 is 0 Å². The Balaban J connectivity index is 1.64. The minimum absolute atomic E-state index is 0.00240. The summed E-state index contributed by atoms with van der Waals surface area (Å²) in [5.74, 6) is 2.29. The number of carbonyl (C=O) groups excluding carboxylic acids is 1. The van der Waals surface area contributed by atoms with Crippen LogP contribution in [0.25, 0.3) is 0 Å². The molecule has 4 rings (SSSR count). The van der Waals surface area contributed by atoms with E-state index in [1.165, 1.54) is 5.56 Å². The van der Waals surface area contributed by atoms with E-state index >= 15 is 0 Å². The van der Waals surface area contributed by atoms with Crippen molar-refractivity contribution in [2.24, 2.45) is 5.92 Å². The summed E-state index contributed by atoms with van der Waals surface area (Å²) in [6.45, 7) is 8.34. The third-order valence-corrected chi connectivity index (χ3v) is 7.57. The van der Waals surface area contributed by atoms with Gasteiger partial charge in [-0.1, -0.05) is 42.5 Å². The molecule has 0 saturated carbocycles. The molecule has 1 amide bonds. The molecule has 2 heterocycles. The summed E-state index contributed by atoms with van der Waals surface area (Å²) in [7, 11) is 5.20. The second-order valence-corrected chi connectivity index (χ2v) is 10.9. The number of nitrogens with zero attached hydrogens (tertiary/aromatic N) is 6. The predicted octanol–water partition coefficient (Wildman–Crippen LogP) is 3.99. The van der Waals surface area contributed by atoms with E-state index in [1.54, 1.807) is 14.2 Å². The van der Waals surface area contributed by atoms with Gasteiger partial charge in [0.05, 0.1) is 14.2 Å². The summed E-state index contributed by atoms with van der Waals surface area (Å²) < 4.78 is 13.4. The van der Waals surface area contributed by atoms with Crippen LogP contribution in [0.15, 0.2) is 48.5 Å². The summed E-state index contributed by atoms with van der Waals surface area (Å²) >= 11 is 0. The molecule has 1 unspecified atom stereocenters. The molecule has 1 aromatic heterocycles. The number of rotatable bonds is 9. The fraction of sp³-hybridized carbons (Fsp3) is 0.517. The number of aromatic nitrogens is 4. The Kier molecular flexibility index (Phi) is 8.66. The van der Waals surface area contributed by atoms with Crippen LogP contribution in [0.4, 0.5) is 0 Å². The smallest absolute Gasteiger partial charge is 0.225 e. The minimum atomic E-state index is -0.248. The molecule has 1 atom stereocenters. The van der Waals surface area contributed by atoms with Gasteiger partial charge in [0, 0.05) is 30.6 Å². The van der Waals surface area contributed by atoms with E-state index in [0.717, 1.165) is 43.7 Å². The first kappa shape index (κ1) is 27.6. The summed E-state index contributed by atoms with van der Waals surface area (Å²) in [4.78, 5) is 17.5. The Morgan fingerprint density at radius 1 is 1.05 bits per heavy atom. The number of benzene rings is 2. The molecule has 0 radical (unpaired) electrons. The van der Waals surface area contributed by atoms with Gasteiger partial charge in [0.2, 0.25) is 5.91 Å². The van der Waals surface area contributed by atoms with Crippen molar-refractivity contribution in [2.75, 3.05) is 34.4 Å². The van der Waals surface area contributed by atoms with Crippen LogP contribution in [0, 0.1) is 5.92 Å². The number of para-hydroxylation sites is 1. The maximum absolute atomic E-state index is 13.2. The van der Waals surface area contributed by atoms with Crippen LogP contribution in [0.1, 0.15) is 56.6 Å². The van der Waals surface area contributed by atoms with E-state index in [0.29, 0.717) is 18.0 Å². The zero-order valence-electron chi connectivity index (χ0n) is 23.4. The molecule has 0 spiro atoms. The fourth-order valence-electron chi connectivity index (χ4n) is 5.08. The number of hydrogen-bond donors (Lipinski definition) is 0. The fourth-order valence-corrected chi connectivity index (χ4v) is 5.08. The molecule has 1 aliphatic rings. The number of amides is 1. The summed E-state index contributed by atoms with van der Waals surface area (Å²) in [6.07, 6.45) is 2.36. The maximum Gasteiger partial charge on any atom is 0.225 e. The Bertz CT molecular complexity index is 1200. The number of piperidine rings is 1. The van der Waals surface area contributed by atoms with Crippen molar-refractivity contribution in [1.29, 1.82) is 0 Å². The first-order valence-corrected chi connectivity index (χ1v) is 13.3. The lowest BCUT2D eigenvalue weighted by Crippen LogP contribution is -2.48. The molecule has 1 aliphatic heterocycles. The molecule has 1 saturated heterocycles. The molecule has 0 N–H and O–H groups in total. The van der Waals surface area contributed by atoms with E-state index in [9.17, 15) is 4.79 Å². The minimum Gasteiger partial charge on any atom is -0.493 e. The number of methoxy groups -OCH3 is 2. The first-order valence-electron chi connectivity index (χ1n) is 13.3. The molecular formula is C29H40N6O3. The topological polar surface area (TPSA) is 85.6 Å². The van der Waals surface area contributed by atoms with Crippen LogP contribution in [-0.2, 0) is 17.8 Å². The molecule has 9 heteroatoms. The Hall–Kier alpha value is -3.46. The van der Waals surface area contributed by atoms with E-state index < -0.39 is 0 Å². The molecule has 9 nitrogen and oxygen atoms in total. The van der Waals surface area contributed by atoms with Gasteiger partial charge in [-0.2, -0.15) is 0 Å². The van der Waals surface area contributed by atoms with Crippen LogP contribution in [0.2, 0.25) is 0 Å². The van der Waals surface area contributed by atoms with Crippen molar-refractivity contribution in [3.63, 3.8) is 0 Å².